The molecule has 2 aromatic carbocycles. The molecule has 0 aromatic heterocycles. The van der Waals surface area contributed by atoms with Gasteiger partial charge in [-0.2, -0.15) is 0 Å². The van der Waals surface area contributed by atoms with Gasteiger partial charge in [-0.15, -0.1) is 0 Å². The molecule has 0 saturated carbocycles. The van der Waals surface area contributed by atoms with E-state index in [1.807, 2.05) is 45.0 Å². The molecule has 0 heterocycles. The van der Waals surface area contributed by atoms with Gasteiger partial charge in [0.2, 0.25) is 5.91 Å². The number of amides is 2. The monoisotopic (exact) mass is 352 g/mol. The molecule has 2 rings (SSSR count). The molecule has 0 spiro atoms. The Labute approximate surface area is 154 Å². The Hall–Kier alpha value is -3.08. The number of rotatable bonds is 7. The summed E-state index contributed by atoms with van der Waals surface area (Å²) in [4.78, 5) is 24.1. The summed E-state index contributed by atoms with van der Waals surface area (Å²) in [5.74, 6) is 0.368. The topological polar surface area (TPSA) is 67.4 Å². The van der Waals surface area contributed by atoms with E-state index in [2.05, 4.69) is 10.6 Å². The van der Waals surface area contributed by atoms with Crippen LogP contribution in [-0.2, 0) is 4.79 Å². The number of anilines is 1. The van der Waals surface area contributed by atoms with Gasteiger partial charge in [-0.05, 0) is 62.7 Å². The van der Waals surface area contributed by atoms with Crippen LogP contribution < -0.4 is 15.4 Å². The fourth-order valence-electron chi connectivity index (χ4n) is 2.28. The van der Waals surface area contributed by atoms with Crippen molar-refractivity contribution >= 4 is 23.6 Å². The minimum atomic E-state index is -0.264. The lowest BCUT2D eigenvalue weighted by Crippen LogP contribution is -2.30. The van der Waals surface area contributed by atoms with Crippen LogP contribution in [0.15, 0.2) is 54.6 Å². The summed E-state index contributed by atoms with van der Waals surface area (Å²) in [5.41, 5.74) is 1.98. The maximum absolute atomic E-state index is 12.1. The molecule has 0 aliphatic carbocycles. The predicted octanol–water partition coefficient (Wildman–Crippen LogP) is 3.88. The van der Waals surface area contributed by atoms with Crippen LogP contribution in [0.5, 0.6) is 5.75 Å². The predicted molar refractivity (Wildman–Crippen MR) is 104 cm³/mol. The Morgan fingerprint density at radius 1 is 1.12 bits per heavy atom. The average molecular weight is 352 g/mol. The van der Waals surface area contributed by atoms with Gasteiger partial charge >= 0.3 is 0 Å². The first-order chi connectivity index (χ1) is 12.5. The molecule has 0 radical (unpaired) electrons. The number of carbonyl (C=O) groups is 2. The average Bonchev–Trinajstić information content (AvgIpc) is 2.61. The lowest BCUT2D eigenvalue weighted by Gasteiger charge is -2.09. The zero-order chi connectivity index (χ0) is 18.9. The maximum Gasteiger partial charge on any atom is 0.251 e. The molecule has 2 aromatic rings. The zero-order valence-corrected chi connectivity index (χ0v) is 15.3. The number of nitrogens with one attached hydrogen (secondary N) is 2. The number of hydrogen-bond donors (Lipinski definition) is 2. The quantitative estimate of drug-likeness (QED) is 0.743. The molecule has 5 nitrogen and oxygen atoms in total. The second-order valence-corrected chi connectivity index (χ2v) is 6.03. The van der Waals surface area contributed by atoms with Crippen molar-refractivity contribution in [1.29, 1.82) is 0 Å². The van der Waals surface area contributed by atoms with Gasteiger partial charge in [-0.1, -0.05) is 18.2 Å². The SMILES string of the molecule is CCOc1ccc(/C=C/C(=O)Nc2cccc(C(=O)NC(C)C)c2)cc1. The van der Waals surface area contributed by atoms with Gasteiger partial charge in [0.25, 0.3) is 5.91 Å². The molecule has 2 N–H and O–H groups in total. The summed E-state index contributed by atoms with van der Waals surface area (Å²) in [6.45, 7) is 6.34. The van der Waals surface area contributed by atoms with Crippen molar-refractivity contribution in [2.24, 2.45) is 0 Å². The summed E-state index contributed by atoms with van der Waals surface area (Å²) >= 11 is 0. The number of hydrogen-bond acceptors (Lipinski definition) is 3. The molecule has 0 aliphatic heterocycles. The second kappa shape index (κ2) is 9.42. The van der Waals surface area contributed by atoms with Crippen LogP contribution in [-0.4, -0.2) is 24.5 Å². The van der Waals surface area contributed by atoms with Gasteiger partial charge in [0.1, 0.15) is 5.75 Å². The summed E-state index contributed by atoms with van der Waals surface area (Å²) < 4.78 is 5.38. The third-order valence-corrected chi connectivity index (χ3v) is 3.43. The molecule has 0 unspecified atom stereocenters. The Kier molecular flexibility index (Phi) is 6.97. The Balaban J connectivity index is 1.97. The summed E-state index contributed by atoms with van der Waals surface area (Å²) in [7, 11) is 0. The van der Waals surface area contributed by atoms with Crippen LogP contribution in [0.2, 0.25) is 0 Å². The van der Waals surface area contributed by atoms with Crippen molar-refractivity contribution < 1.29 is 14.3 Å². The highest BCUT2D eigenvalue weighted by molar-refractivity contribution is 6.03. The molecule has 5 heteroatoms. The first-order valence-corrected chi connectivity index (χ1v) is 8.60. The van der Waals surface area contributed by atoms with Crippen molar-refractivity contribution in [2.45, 2.75) is 26.8 Å². The van der Waals surface area contributed by atoms with Crippen molar-refractivity contribution in [1.82, 2.24) is 5.32 Å². The molecule has 136 valence electrons. The Bertz CT molecular complexity index is 780. The lowest BCUT2D eigenvalue weighted by molar-refractivity contribution is -0.111. The first-order valence-electron chi connectivity index (χ1n) is 8.60. The standard InChI is InChI=1S/C21H24N2O3/c1-4-26-19-11-8-16(9-12-19)10-13-20(24)23-18-7-5-6-17(14-18)21(25)22-15(2)3/h5-15H,4H2,1-3H3,(H,22,25)(H,23,24)/b13-10+. The Morgan fingerprint density at radius 2 is 1.85 bits per heavy atom. The highest BCUT2D eigenvalue weighted by Gasteiger charge is 2.08. The van der Waals surface area contributed by atoms with Crippen molar-refractivity contribution in [3.05, 3.63) is 65.7 Å². The lowest BCUT2D eigenvalue weighted by atomic mass is 10.1. The number of ether oxygens (including phenoxy) is 1. The maximum atomic E-state index is 12.1. The first kappa shape index (κ1) is 19.2. The van der Waals surface area contributed by atoms with Gasteiger partial charge in [0, 0.05) is 23.4 Å². The zero-order valence-electron chi connectivity index (χ0n) is 15.3. The van der Waals surface area contributed by atoms with Gasteiger partial charge in [0.15, 0.2) is 0 Å². The van der Waals surface area contributed by atoms with Crippen LogP contribution in [0.1, 0.15) is 36.7 Å². The van der Waals surface area contributed by atoms with Crippen LogP contribution in [0.25, 0.3) is 6.08 Å². The third-order valence-electron chi connectivity index (χ3n) is 3.43. The van der Waals surface area contributed by atoms with E-state index in [9.17, 15) is 9.59 Å². The normalized spacial score (nSPS) is 10.8. The molecule has 0 bridgehead atoms. The molecule has 2 amide bonds. The second-order valence-electron chi connectivity index (χ2n) is 6.03. The fourth-order valence-corrected chi connectivity index (χ4v) is 2.28. The van der Waals surface area contributed by atoms with E-state index in [0.29, 0.717) is 17.9 Å². The minimum Gasteiger partial charge on any atom is -0.494 e. The molecule has 26 heavy (non-hydrogen) atoms. The Morgan fingerprint density at radius 3 is 2.50 bits per heavy atom. The van der Waals surface area contributed by atoms with Crippen molar-refractivity contribution in [3.8, 4) is 5.75 Å². The highest BCUT2D eigenvalue weighted by atomic mass is 16.5. The third kappa shape index (κ3) is 6.09. The smallest absolute Gasteiger partial charge is 0.251 e. The van der Waals surface area contributed by atoms with E-state index < -0.39 is 0 Å². The van der Waals surface area contributed by atoms with Gasteiger partial charge in [0.05, 0.1) is 6.61 Å². The van der Waals surface area contributed by atoms with Crippen LogP contribution in [0.4, 0.5) is 5.69 Å². The highest BCUT2D eigenvalue weighted by Crippen LogP contribution is 2.14. The summed E-state index contributed by atoms with van der Waals surface area (Å²) in [5, 5.41) is 5.59. The van der Waals surface area contributed by atoms with Crippen molar-refractivity contribution in [3.63, 3.8) is 0 Å². The van der Waals surface area contributed by atoms with E-state index in [-0.39, 0.29) is 17.9 Å². The van der Waals surface area contributed by atoms with Crippen LogP contribution in [0, 0.1) is 0 Å². The van der Waals surface area contributed by atoms with E-state index in [4.69, 9.17) is 4.74 Å². The van der Waals surface area contributed by atoms with E-state index in [0.717, 1.165) is 11.3 Å². The number of benzene rings is 2. The molecule has 0 saturated heterocycles. The largest absolute Gasteiger partial charge is 0.494 e. The molecule has 0 aliphatic rings. The summed E-state index contributed by atoms with van der Waals surface area (Å²) in [6, 6.07) is 14.4. The van der Waals surface area contributed by atoms with Gasteiger partial charge in [-0.25, -0.2) is 0 Å². The van der Waals surface area contributed by atoms with E-state index in [1.54, 1.807) is 30.3 Å². The molecular weight excluding hydrogens is 328 g/mol. The van der Waals surface area contributed by atoms with Crippen LogP contribution >= 0.6 is 0 Å². The van der Waals surface area contributed by atoms with E-state index in [1.165, 1.54) is 6.08 Å². The van der Waals surface area contributed by atoms with Crippen LogP contribution in [0.3, 0.4) is 0 Å². The number of carbonyl (C=O) groups excluding carboxylic acids is 2. The van der Waals surface area contributed by atoms with Crippen molar-refractivity contribution in [2.75, 3.05) is 11.9 Å². The molecular formula is C21H24N2O3. The molecule has 0 atom stereocenters. The minimum absolute atomic E-state index is 0.0535. The van der Waals surface area contributed by atoms with Gasteiger partial charge < -0.3 is 15.4 Å². The van der Waals surface area contributed by atoms with Gasteiger partial charge in [-0.3, -0.25) is 9.59 Å². The molecule has 0 fully saturated rings. The van der Waals surface area contributed by atoms with E-state index >= 15 is 0 Å². The summed E-state index contributed by atoms with van der Waals surface area (Å²) in [6.07, 6.45) is 3.18. The fraction of sp³-hybridized carbons (Fsp3) is 0.238.